The molecule has 1 atom stereocenters. The first kappa shape index (κ1) is 20.4. The monoisotopic (exact) mass is 413 g/mol. The maximum Gasteiger partial charge on any atom is 0.327 e. The average molecular weight is 413 g/mol. The second-order valence-electron chi connectivity index (χ2n) is 8.70. The van der Waals surface area contributed by atoms with Gasteiger partial charge in [-0.05, 0) is 23.8 Å². The summed E-state index contributed by atoms with van der Waals surface area (Å²) in [7, 11) is 0. The number of benzene rings is 1. The van der Waals surface area contributed by atoms with Crippen molar-refractivity contribution in [3.63, 3.8) is 0 Å². The highest BCUT2D eigenvalue weighted by Gasteiger charge is 2.49. The van der Waals surface area contributed by atoms with Gasteiger partial charge in [0, 0.05) is 19.5 Å². The molecule has 8 heteroatoms. The molecule has 0 radical (unpaired) electrons. The van der Waals surface area contributed by atoms with E-state index in [1.165, 1.54) is 4.90 Å². The standard InChI is InChI=1S/C22H27N3O5/c26-18(12-22(13-19(27)28)8-4-5-9-22)23-10-11-24-17(15-23)20(29)25(21(24)30)14-16-6-2-1-3-7-16/h1-3,6-7,17H,4-5,8-15H2,(H,27,28)/t17-/m1/s1. The lowest BCUT2D eigenvalue weighted by atomic mass is 9.79. The van der Waals surface area contributed by atoms with Gasteiger partial charge in [-0.25, -0.2) is 4.79 Å². The Labute approximate surface area is 175 Å². The SMILES string of the molecule is O=C(O)CC1(CC(=O)N2CCN3C(=O)N(Cc4ccccc4)C(=O)[C@H]3C2)CCCC1. The summed E-state index contributed by atoms with van der Waals surface area (Å²) < 4.78 is 0. The van der Waals surface area contributed by atoms with Crippen LogP contribution in [0.3, 0.4) is 0 Å². The molecule has 4 rings (SSSR count). The van der Waals surface area contributed by atoms with E-state index < -0.39 is 17.4 Å². The number of amides is 4. The van der Waals surface area contributed by atoms with Gasteiger partial charge in [-0.3, -0.25) is 19.3 Å². The Morgan fingerprint density at radius 3 is 2.40 bits per heavy atom. The number of hydrogen-bond donors (Lipinski definition) is 1. The first-order chi connectivity index (χ1) is 14.4. The maximum absolute atomic E-state index is 13.0. The van der Waals surface area contributed by atoms with Crippen LogP contribution in [0.2, 0.25) is 0 Å². The lowest BCUT2D eigenvalue weighted by molar-refractivity contribution is -0.142. The highest BCUT2D eigenvalue weighted by atomic mass is 16.4. The average Bonchev–Trinajstić information content (AvgIpc) is 3.26. The maximum atomic E-state index is 13.0. The van der Waals surface area contributed by atoms with Crippen LogP contribution in [0.4, 0.5) is 4.79 Å². The largest absolute Gasteiger partial charge is 0.481 e. The first-order valence-electron chi connectivity index (χ1n) is 10.5. The van der Waals surface area contributed by atoms with E-state index in [1.807, 2.05) is 30.3 Å². The van der Waals surface area contributed by atoms with Gasteiger partial charge in [0.1, 0.15) is 6.04 Å². The molecule has 1 aromatic carbocycles. The molecule has 8 nitrogen and oxygen atoms in total. The molecule has 3 fully saturated rings. The van der Waals surface area contributed by atoms with E-state index in [-0.39, 0.29) is 43.8 Å². The smallest absolute Gasteiger partial charge is 0.327 e. The van der Waals surface area contributed by atoms with Gasteiger partial charge in [0.25, 0.3) is 5.91 Å². The Kier molecular flexibility index (Phi) is 5.49. The van der Waals surface area contributed by atoms with Crippen molar-refractivity contribution in [1.29, 1.82) is 0 Å². The van der Waals surface area contributed by atoms with Gasteiger partial charge in [0.15, 0.2) is 0 Å². The van der Waals surface area contributed by atoms with Gasteiger partial charge >= 0.3 is 12.0 Å². The third kappa shape index (κ3) is 3.91. The fraction of sp³-hybridized carbons (Fsp3) is 0.545. The number of urea groups is 1. The highest BCUT2D eigenvalue weighted by molar-refractivity contribution is 6.04. The number of carbonyl (C=O) groups is 4. The fourth-order valence-corrected chi connectivity index (χ4v) is 5.08. The van der Waals surface area contributed by atoms with Crippen LogP contribution in [0.5, 0.6) is 0 Å². The van der Waals surface area contributed by atoms with Crippen molar-refractivity contribution in [3.05, 3.63) is 35.9 Å². The zero-order valence-electron chi connectivity index (χ0n) is 17.0. The molecule has 1 N–H and O–H groups in total. The minimum Gasteiger partial charge on any atom is -0.481 e. The molecule has 3 aliphatic rings. The zero-order valence-corrected chi connectivity index (χ0v) is 17.0. The number of piperazine rings is 1. The summed E-state index contributed by atoms with van der Waals surface area (Å²) in [5.41, 5.74) is 0.401. The minimum absolute atomic E-state index is 0.00437. The normalized spacial score (nSPS) is 23.1. The van der Waals surface area contributed by atoms with E-state index >= 15 is 0 Å². The van der Waals surface area contributed by atoms with Crippen molar-refractivity contribution >= 4 is 23.8 Å². The molecule has 0 spiro atoms. The van der Waals surface area contributed by atoms with Gasteiger partial charge in [-0.15, -0.1) is 0 Å². The van der Waals surface area contributed by atoms with Gasteiger partial charge in [0.05, 0.1) is 19.5 Å². The molecule has 2 saturated heterocycles. The van der Waals surface area contributed by atoms with Crippen LogP contribution in [0, 0.1) is 5.41 Å². The molecule has 0 aromatic heterocycles. The van der Waals surface area contributed by atoms with Gasteiger partial charge in [-0.2, -0.15) is 0 Å². The summed E-state index contributed by atoms with van der Waals surface area (Å²) in [6.45, 7) is 1.09. The van der Waals surface area contributed by atoms with E-state index in [9.17, 15) is 24.3 Å². The second kappa shape index (κ2) is 8.08. The molecule has 30 heavy (non-hydrogen) atoms. The fourth-order valence-electron chi connectivity index (χ4n) is 5.08. The van der Waals surface area contributed by atoms with E-state index in [2.05, 4.69) is 0 Å². The van der Waals surface area contributed by atoms with Gasteiger partial charge < -0.3 is 14.9 Å². The summed E-state index contributed by atoms with van der Waals surface area (Å²) in [6, 6.07) is 8.39. The van der Waals surface area contributed by atoms with Crippen molar-refractivity contribution in [2.45, 2.75) is 51.1 Å². The van der Waals surface area contributed by atoms with E-state index in [0.717, 1.165) is 31.2 Å². The summed E-state index contributed by atoms with van der Waals surface area (Å²) in [5.74, 6) is -1.26. The number of hydrogen-bond acceptors (Lipinski definition) is 4. The number of fused-ring (bicyclic) bond motifs is 1. The minimum atomic E-state index is -0.873. The Morgan fingerprint density at radius 1 is 1.03 bits per heavy atom. The second-order valence-corrected chi connectivity index (χ2v) is 8.70. The lowest BCUT2D eigenvalue weighted by Gasteiger charge is -2.37. The number of carboxylic acid groups (broad SMARTS) is 1. The van der Waals surface area contributed by atoms with Crippen molar-refractivity contribution in [1.82, 2.24) is 14.7 Å². The predicted molar refractivity (Wildman–Crippen MR) is 107 cm³/mol. The Hall–Kier alpha value is -2.90. The number of nitrogens with zero attached hydrogens (tertiary/aromatic N) is 3. The Balaban J connectivity index is 1.42. The quantitative estimate of drug-likeness (QED) is 0.720. The van der Waals surface area contributed by atoms with Crippen molar-refractivity contribution < 1.29 is 24.3 Å². The summed E-state index contributed by atoms with van der Waals surface area (Å²) in [6.07, 6.45) is 3.58. The van der Waals surface area contributed by atoms with Crippen LogP contribution < -0.4 is 0 Å². The lowest BCUT2D eigenvalue weighted by Crippen LogP contribution is -2.55. The molecule has 2 heterocycles. The third-order valence-electron chi connectivity index (χ3n) is 6.66. The number of carbonyl (C=O) groups excluding carboxylic acids is 3. The number of imide groups is 1. The molecule has 2 aliphatic heterocycles. The molecule has 0 bridgehead atoms. The highest BCUT2D eigenvalue weighted by Crippen LogP contribution is 2.44. The van der Waals surface area contributed by atoms with Crippen molar-refractivity contribution in [2.75, 3.05) is 19.6 Å². The molecule has 0 unspecified atom stereocenters. The molecule has 160 valence electrons. The molecular formula is C22H27N3O5. The van der Waals surface area contributed by atoms with Crippen LogP contribution in [-0.4, -0.2) is 69.3 Å². The van der Waals surface area contributed by atoms with Crippen LogP contribution in [0.15, 0.2) is 30.3 Å². The van der Waals surface area contributed by atoms with Gasteiger partial charge in [0.2, 0.25) is 5.91 Å². The molecule has 1 aliphatic carbocycles. The first-order valence-corrected chi connectivity index (χ1v) is 10.5. The number of rotatable bonds is 6. The molecule has 4 amide bonds. The van der Waals surface area contributed by atoms with Crippen LogP contribution in [-0.2, 0) is 20.9 Å². The number of carboxylic acids is 1. The topological polar surface area (TPSA) is 98.2 Å². The van der Waals surface area contributed by atoms with Crippen LogP contribution in [0.25, 0.3) is 0 Å². The van der Waals surface area contributed by atoms with E-state index in [0.29, 0.717) is 13.1 Å². The summed E-state index contributed by atoms with van der Waals surface area (Å²) >= 11 is 0. The number of aliphatic carboxylic acids is 1. The Bertz CT molecular complexity index is 850. The molecule has 1 saturated carbocycles. The van der Waals surface area contributed by atoms with E-state index in [1.54, 1.807) is 9.80 Å². The van der Waals surface area contributed by atoms with Crippen LogP contribution in [0.1, 0.15) is 44.1 Å². The summed E-state index contributed by atoms with van der Waals surface area (Å²) in [5, 5.41) is 9.28. The van der Waals surface area contributed by atoms with Crippen LogP contribution >= 0.6 is 0 Å². The van der Waals surface area contributed by atoms with E-state index in [4.69, 9.17) is 0 Å². The summed E-state index contributed by atoms with van der Waals surface area (Å²) in [4.78, 5) is 54.4. The molecular weight excluding hydrogens is 386 g/mol. The Morgan fingerprint density at radius 2 is 1.73 bits per heavy atom. The predicted octanol–water partition coefficient (Wildman–Crippen LogP) is 2.09. The third-order valence-corrected chi connectivity index (χ3v) is 6.66. The molecule has 1 aromatic rings. The zero-order chi connectivity index (χ0) is 21.3. The van der Waals surface area contributed by atoms with Crippen molar-refractivity contribution in [2.24, 2.45) is 5.41 Å². The van der Waals surface area contributed by atoms with Gasteiger partial charge in [-0.1, -0.05) is 43.2 Å². The van der Waals surface area contributed by atoms with Crippen molar-refractivity contribution in [3.8, 4) is 0 Å².